The summed E-state index contributed by atoms with van der Waals surface area (Å²) in [6.07, 6.45) is 1.88. The van der Waals surface area contributed by atoms with E-state index in [9.17, 15) is 0 Å². The quantitative estimate of drug-likeness (QED) is 0.887. The van der Waals surface area contributed by atoms with Gasteiger partial charge in [0.05, 0.1) is 13.2 Å². The molecule has 0 radical (unpaired) electrons. The van der Waals surface area contributed by atoms with E-state index in [1.165, 1.54) is 5.56 Å². The van der Waals surface area contributed by atoms with Gasteiger partial charge in [0.2, 0.25) is 0 Å². The smallest absolute Gasteiger partial charge is 0.126 e. The molecule has 0 amide bonds. The molecule has 2 rings (SSSR count). The van der Waals surface area contributed by atoms with Gasteiger partial charge in [-0.2, -0.15) is 0 Å². The van der Waals surface area contributed by atoms with Gasteiger partial charge in [-0.3, -0.25) is 4.90 Å². The normalized spacial score (nSPS) is 19.7. The summed E-state index contributed by atoms with van der Waals surface area (Å²) in [7, 11) is 0. The summed E-state index contributed by atoms with van der Waals surface area (Å²) in [5, 5.41) is 3.25. The van der Waals surface area contributed by atoms with Crippen molar-refractivity contribution in [2.45, 2.75) is 32.9 Å². The minimum absolute atomic E-state index is 0.111. The number of aromatic nitrogens is 1. The average Bonchev–Trinajstić information content (AvgIpc) is 2.33. The van der Waals surface area contributed by atoms with Gasteiger partial charge in [-0.05, 0) is 38.5 Å². The molecule has 1 saturated heterocycles. The maximum Gasteiger partial charge on any atom is 0.126 e. The van der Waals surface area contributed by atoms with E-state index in [0.717, 1.165) is 38.7 Å². The molecule has 4 nitrogen and oxygen atoms in total. The number of morpholine rings is 1. The molecule has 1 aromatic rings. The van der Waals surface area contributed by atoms with Gasteiger partial charge >= 0.3 is 0 Å². The van der Waals surface area contributed by atoms with Gasteiger partial charge in [0.15, 0.2) is 0 Å². The van der Waals surface area contributed by atoms with Crippen LogP contribution in [0.2, 0.25) is 0 Å². The van der Waals surface area contributed by atoms with Crippen molar-refractivity contribution in [2.24, 2.45) is 0 Å². The van der Waals surface area contributed by atoms with E-state index in [2.05, 4.69) is 48.1 Å². The van der Waals surface area contributed by atoms with Crippen molar-refractivity contribution in [3.05, 3.63) is 23.9 Å². The third-order valence-electron chi connectivity index (χ3n) is 3.37. The second kappa shape index (κ2) is 5.67. The molecule has 0 saturated carbocycles. The Morgan fingerprint density at radius 2 is 2.33 bits per heavy atom. The van der Waals surface area contributed by atoms with Crippen LogP contribution in [0.15, 0.2) is 18.3 Å². The van der Waals surface area contributed by atoms with Crippen LogP contribution in [-0.4, -0.2) is 41.7 Å². The van der Waals surface area contributed by atoms with Crippen LogP contribution in [0.1, 0.15) is 26.3 Å². The highest BCUT2D eigenvalue weighted by atomic mass is 16.5. The Morgan fingerprint density at radius 1 is 1.50 bits per heavy atom. The molecule has 0 aliphatic carbocycles. The molecule has 0 unspecified atom stereocenters. The third-order valence-corrected chi connectivity index (χ3v) is 3.37. The number of hydrogen-bond donors (Lipinski definition) is 1. The lowest BCUT2D eigenvalue weighted by molar-refractivity contribution is -0.0552. The van der Waals surface area contributed by atoms with Gasteiger partial charge < -0.3 is 10.1 Å². The molecule has 18 heavy (non-hydrogen) atoms. The minimum atomic E-state index is 0.111. The van der Waals surface area contributed by atoms with Crippen molar-refractivity contribution in [2.75, 3.05) is 31.6 Å². The fraction of sp³-hybridized carbons (Fsp3) is 0.643. The van der Waals surface area contributed by atoms with Crippen LogP contribution >= 0.6 is 0 Å². The lowest BCUT2D eigenvalue weighted by atomic mass is 10.0. The van der Waals surface area contributed by atoms with E-state index < -0.39 is 0 Å². The molecule has 100 valence electrons. The predicted molar refractivity (Wildman–Crippen MR) is 73.7 cm³/mol. The zero-order chi connectivity index (χ0) is 13.0. The molecule has 1 aliphatic heterocycles. The summed E-state index contributed by atoms with van der Waals surface area (Å²) in [6.45, 7) is 11.0. The van der Waals surface area contributed by atoms with Crippen molar-refractivity contribution in [3.8, 4) is 0 Å². The van der Waals surface area contributed by atoms with Gasteiger partial charge in [-0.15, -0.1) is 0 Å². The number of rotatable bonds is 4. The van der Waals surface area contributed by atoms with Crippen molar-refractivity contribution in [3.63, 3.8) is 0 Å². The summed E-state index contributed by atoms with van der Waals surface area (Å²) in [5.74, 6) is 0.959. The lowest BCUT2D eigenvalue weighted by Crippen LogP contribution is -2.52. The zero-order valence-electron chi connectivity index (χ0n) is 11.6. The molecular formula is C14H23N3O. The SMILES string of the molecule is CCNc1cc(CN2CCOCC2(C)C)ccn1. The van der Waals surface area contributed by atoms with Crippen molar-refractivity contribution in [1.82, 2.24) is 9.88 Å². The fourth-order valence-electron chi connectivity index (χ4n) is 2.25. The number of hydrogen-bond acceptors (Lipinski definition) is 4. The first kappa shape index (κ1) is 13.3. The fourth-order valence-corrected chi connectivity index (χ4v) is 2.25. The summed E-state index contributed by atoms with van der Waals surface area (Å²) in [6, 6.07) is 4.22. The topological polar surface area (TPSA) is 37.4 Å². The zero-order valence-corrected chi connectivity index (χ0v) is 11.6. The van der Waals surface area contributed by atoms with E-state index in [-0.39, 0.29) is 5.54 Å². The molecule has 0 bridgehead atoms. The molecule has 2 heterocycles. The van der Waals surface area contributed by atoms with E-state index in [1.807, 2.05) is 6.20 Å². The molecule has 0 spiro atoms. The Hall–Kier alpha value is -1.13. The summed E-state index contributed by atoms with van der Waals surface area (Å²) >= 11 is 0. The Kier molecular flexibility index (Phi) is 4.19. The van der Waals surface area contributed by atoms with Crippen molar-refractivity contribution in [1.29, 1.82) is 0 Å². The molecular weight excluding hydrogens is 226 g/mol. The standard InChI is InChI=1S/C14H23N3O/c1-4-15-13-9-12(5-6-16-13)10-17-7-8-18-11-14(17,2)3/h5-6,9H,4,7-8,10-11H2,1-3H3,(H,15,16). The van der Waals surface area contributed by atoms with Crippen LogP contribution in [0, 0.1) is 0 Å². The first-order valence-electron chi connectivity index (χ1n) is 6.63. The third kappa shape index (κ3) is 3.21. The lowest BCUT2D eigenvalue weighted by Gasteiger charge is -2.42. The monoisotopic (exact) mass is 249 g/mol. The van der Waals surface area contributed by atoms with E-state index in [0.29, 0.717) is 0 Å². The number of pyridine rings is 1. The van der Waals surface area contributed by atoms with E-state index in [4.69, 9.17) is 4.74 Å². The van der Waals surface area contributed by atoms with Crippen LogP contribution in [0.5, 0.6) is 0 Å². The van der Waals surface area contributed by atoms with Crippen molar-refractivity contribution >= 4 is 5.82 Å². The van der Waals surface area contributed by atoms with Gasteiger partial charge in [-0.1, -0.05) is 0 Å². The molecule has 0 atom stereocenters. The first-order chi connectivity index (χ1) is 8.62. The van der Waals surface area contributed by atoms with Gasteiger partial charge in [0, 0.05) is 31.4 Å². The second-order valence-corrected chi connectivity index (χ2v) is 5.37. The number of nitrogens with zero attached hydrogens (tertiary/aromatic N) is 2. The Bertz CT molecular complexity index is 392. The van der Waals surface area contributed by atoms with Crippen LogP contribution in [0.4, 0.5) is 5.82 Å². The Balaban J connectivity index is 2.06. The van der Waals surface area contributed by atoms with Crippen LogP contribution < -0.4 is 5.32 Å². The van der Waals surface area contributed by atoms with E-state index in [1.54, 1.807) is 0 Å². The van der Waals surface area contributed by atoms with Crippen LogP contribution in [0.25, 0.3) is 0 Å². The molecule has 4 heteroatoms. The van der Waals surface area contributed by atoms with Gasteiger partial charge in [0.25, 0.3) is 0 Å². The summed E-state index contributed by atoms with van der Waals surface area (Å²) in [4.78, 5) is 6.78. The molecule has 1 aromatic heterocycles. The van der Waals surface area contributed by atoms with Gasteiger partial charge in [0.1, 0.15) is 5.82 Å². The molecule has 1 N–H and O–H groups in total. The summed E-state index contributed by atoms with van der Waals surface area (Å²) in [5.41, 5.74) is 1.41. The highest BCUT2D eigenvalue weighted by Crippen LogP contribution is 2.22. The minimum Gasteiger partial charge on any atom is -0.378 e. The number of ether oxygens (including phenoxy) is 1. The molecule has 1 aliphatic rings. The predicted octanol–water partition coefficient (Wildman–Crippen LogP) is 2.12. The molecule has 1 fully saturated rings. The van der Waals surface area contributed by atoms with Gasteiger partial charge in [-0.25, -0.2) is 4.98 Å². The van der Waals surface area contributed by atoms with Crippen LogP contribution in [0.3, 0.4) is 0 Å². The van der Waals surface area contributed by atoms with Crippen molar-refractivity contribution < 1.29 is 4.74 Å². The maximum absolute atomic E-state index is 5.55. The Morgan fingerprint density at radius 3 is 3.06 bits per heavy atom. The largest absolute Gasteiger partial charge is 0.378 e. The first-order valence-corrected chi connectivity index (χ1v) is 6.63. The maximum atomic E-state index is 5.55. The molecule has 0 aromatic carbocycles. The van der Waals surface area contributed by atoms with Crippen LogP contribution in [-0.2, 0) is 11.3 Å². The highest BCUT2D eigenvalue weighted by molar-refractivity contribution is 5.37. The highest BCUT2D eigenvalue weighted by Gasteiger charge is 2.30. The second-order valence-electron chi connectivity index (χ2n) is 5.37. The number of nitrogens with one attached hydrogen (secondary N) is 1. The number of anilines is 1. The average molecular weight is 249 g/mol. The Labute approximate surface area is 109 Å². The van der Waals surface area contributed by atoms with E-state index >= 15 is 0 Å². The summed E-state index contributed by atoms with van der Waals surface area (Å²) < 4.78 is 5.55.